The van der Waals surface area contributed by atoms with Crippen molar-refractivity contribution in [3.63, 3.8) is 0 Å². The second-order valence-corrected chi connectivity index (χ2v) is 6.60. The number of carbonyl (C=O) groups is 2. The van der Waals surface area contributed by atoms with Crippen LogP contribution in [-0.4, -0.2) is 35.1 Å². The molecule has 0 aromatic heterocycles. The molecule has 7 nitrogen and oxygen atoms in total. The summed E-state index contributed by atoms with van der Waals surface area (Å²) in [5, 5.41) is 13.4. The Balaban J connectivity index is 2.20. The highest BCUT2D eigenvalue weighted by Gasteiger charge is 2.16. The number of hydrogen-bond donors (Lipinski definition) is 1. The van der Waals surface area contributed by atoms with Crippen molar-refractivity contribution in [3.8, 4) is 0 Å². The fourth-order valence-corrected chi connectivity index (χ4v) is 2.75. The van der Waals surface area contributed by atoms with E-state index in [2.05, 4.69) is 5.32 Å². The van der Waals surface area contributed by atoms with Gasteiger partial charge in [-0.3, -0.25) is 19.7 Å². The monoisotopic (exact) mass is 379 g/mol. The number of hydrogen-bond acceptors (Lipinski definition) is 5. The number of rotatable bonds is 4. The first-order chi connectivity index (χ1) is 11.8. The predicted molar refractivity (Wildman–Crippen MR) is 97.4 cm³/mol. The number of anilines is 1. The van der Waals surface area contributed by atoms with E-state index in [1.54, 1.807) is 38.4 Å². The third-order valence-corrected chi connectivity index (χ3v) is 4.43. The van der Waals surface area contributed by atoms with Crippen molar-refractivity contribution < 1.29 is 14.5 Å². The van der Waals surface area contributed by atoms with E-state index in [9.17, 15) is 19.7 Å². The van der Waals surface area contributed by atoms with E-state index in [-0.39, 0.29) is 21.5 Å². The van der Waals surface area contributed by atoms with Gasteiger partial charge in [0.1, 0.15) is 0 Å². The van der Waals surface area contributed by atoms with Crippen LogP contribution in [0.3, 0.4) is 0 Å². The molecule has 0 aliphatic heterocycles. The molecule has 0 saturated heterocycles. The van der Waals surface area contributed by atoms with E-state index in [1.165, 1.54) is 17.0 Å². The molecule has 25 heavy (non-hydrogen) atoms. The maximum atomic E-state index is 12.4. The van der Waals surface area contributed by atoms with Crippen LogP contribution in [0.1, 0.15) is 10.4 Å². The highest BCUT2D eigenvalue weighted by molar-refractivity contribution is 8.13. The molecular formula is C16H14ClN3O4S. The topological polar surface area (TPSA) is 92.6 Å². The van der Waals surface area contributed by atoms with Gasteiger partial charge >= 0.3 is 0 Å². The summed E-state index contributed by atoms with van der Waals surface area (Å²) in [7, 11) is 3.29. The van der Waals surface area contributed by atoms with Crippen molar-refractivity contribution in [2.24, 2.45) is 0 Å². The van der Waals surface area contributed by atoms with E-state index >= 15 is 0 Å². The Kier molecular flexibility index (Phi) is 6.00. The lowest BCUT2D eigenvalue weighted by Gasteiger charge is -2.11. The van der Waals surface area contributed by atoms with E-state index in [0.717, 1.165) is 17.8 Å². The van der Waals surface area contributed by atoms with Crippen molar-refractivity contribution in [2.45, 2.75) is 4.90 Å². The van der Waals surface area contributed by atoms with Gasteiger partial charge in [-0.15, -0.1) is 0 Å². The van der Waals surface area contributed by atoms with Crippen molar-refractivity contribution in [1.29, 1.82) is 0 Å². The van der Waals surface area contributed by atoms with Gasteiger partial charge in [-0.05, 0) is 36.0 Å². The zero-order valence-corrected chi connectivity index (χ0v) is 14.9. The summed E-state index contributed by atoms with van der Waals surface area (Å²) >= 11 is 6.98. The van der Waals surface area contributed by atoms with Crippen molar-refractivity contribution in [1.82, 2.24) is 4.90 Å². The summed E-state index contributed by atoms with van der Waals surface area (Å²) in [6.07, 6.45) is 0. The Morgan fingerprint density at radius 2 is 1.92 bits per heavy atom. The van der Waals surface area contributed by atoms with Crippen molar-refractivity contribution >= 4 is 45.9 Å². The van der Waals surface area contributed by atoms with E-state index in [0.29, 0.717) is 10.6 Å². The van der Waals surface area contributed by atoms with Crippen molar-refractivity contribution in [2.75, 3.05) is 19.4 Å². The normalized spacial score (nSPS) is 10.2. The number of non-ortho nitro benzene ring substituents is 1. The summed E-state index contributed by atoms with van der Waals surface area (Å²) in [6.45, 7) is 0. The van der Waals surface area contributed by atoms with Crippen LogP contribution in [0.4, 0.5) is 16.2 Å². The van der Waals surface area contributed by atoms with Gasteiger partial charge in [0.05, 0.1) is 15.5 Å². The molecule has 0 heterocycles. The minimum atomic E-state index is -0.600. The molecule has 2 aromatic rings. The Hall–Kier alpha value is -2.58. The maximum absolute atomic E-state index is 12.4. The molecule has 0 bridgehead atoms. The zero-order valence-electron chi connectivity index (χ0n) is 13.4. The molecule has 130 valence electrons. The van der Waals surface area contributed by atoms with Gasteiger partial charge in [0.25, 0.3) is 16.8 Å². The summed E-state index contributed by atoms with van der Waals surface area (Å²) < 4.78 is 0. The molecule has 0 atom stereocenters. The van der Waals surface area contributed by atoms with Crippen LogP contribution >= 0.6 is 23.4 Å². The van der Waals surface area contributed by atoms with E-state index < -0.39 is 10.8 Å². The van der Waals surface area contributed by atoms with Gasteiger partial charge in [-0.2, -0.15) is 0 Å². The number of halogens is 1. The lowest BCUT2D eigenvalue weighted by molar-refractivity contribution is -0.384. The zero-order chi connectivity index (χ0) is 18.6. The molecular weight excluding hydrogens is 366 g/mol. The summed E-state index contributed by atoms with van der Waals surface area (Å²) in [5.74, 6) is -0.574. The van der Waals surface area contributed by atoms with Gasteiger partial charge in [-0.1, -0.05) is 17.7 Å². The number of amides is 2. The van der Waals surface area contributed by atoms with Gasteiger partial charge in [0.15, 0.2) is 0 Å². The van der Waals surface area contributed by atoms with Crippen LogP contribution in [0.5, 0.6) is 0 Å². The van der Waals surface area contributed by atoms with E-state index in [4.69, 9.17) is 11.6 Å². The molecule has 0 radical (unpaired) electrons. The van der Waals surface area contributed by atoms with Gasteiger partial charge in [-0.25, -0.2) is 0 Å². The fourth-order valence-electron chi connectivity index (χ4n) is 1.83. The number of thioether (sulfide) groups is 1. The molecule has 0 spiro atoms. The Labute approximate surface area is 153 Å². The third-order valence-electron chi connectivity index (χ3n) is 3.07. The summed E-state index contributed by atoms with van der Waals surface area (Å²) in [4.78, 5) is 36.4. The van der Waals surface area contributed by atoms with Crippen LogP contribution in [-0.2, 0) is 0 Å². The lowest BCUT2D eigenvalue weighted by atomic mass is 10.2. The lowest BCUT2D eigenvalue weighted by Crippen LogP contribution is -2.16. The largest absolute Gasteiger partial charge is 0.339 e. The standard InChI is InChI=1S/C16H14ClN3O4S/c1-19(2)16(22)25-12-5-3-4-10(8-12)18-15(21)13-9-11(20(23)24)6-7-14(13)17/h3-9H,1-2H3,(H,18,21). The number of nitrogens with one attached hydrogen (secondary N) is 1. The molecule has 0 aliphatic carbocycles. The number of benzene rings is 2. The second kappa shape index (κ2) is 8.00. The van der Waals surface area contributed by atoms with E-state index in [1.807, 2.05) is 0 Å². The maximum Gasteiger partial charge on any atom is 0.285 e. The van der Waals surface area contributed by atoms with Crippen molar-refractivity contribution in [3.05, 3.63) is 63.2 Å². The SMILES string of the molecule is CN(C)C(=O)Sc1cccc(NC(=O)c2cc([N+](=O)[O-])ccc2Cl)c1. The quantitative estimate of drug-likeness (QED) is 0.486. The predicted octanol–water partition coefficient (Wildman–Crippen LogP) is 4.27. The Morgan fingerprint density at radius 1 is 1.20 bits per heavy atom. The smallest absolute Gasteiger partial charge is 0.285 e. The number of nitro benzene ring substituents is 1. The average molecular weight is 380 g/mol. The molecule has 2 aromatic carbocycles. The molecule has 2 amide bonds. The molecule has 2 rings (SSSR count). The molecule has 9 heteroatoms. The number of nitro groups is 1. The Morgan fingerprint density at radius 3 is 2.56 bits per heavy atom. The number of carbonyl (C=O) groups excluding carboxylic acids is 2. The first kappa shape index (κ1) is 18.8. The Bertz CT molecular complexity index is 842. The molecule has 1 N–H and O–H groups in total. The number of nitrogens with zero attached hydrogens (tertiary/aromatic N) is 2. The molecule has 0 saturated carbocycles. The van der Waals surface area contributed by atoms with Crippen LogP contribution in [0.15, 0.2) is 47.4 Å². The molecule has 0 aliphatic rings. The van der Waals surface area contributed by atoms with Gasteiger partial charge < -0.3 is 10.2 Å². The van der Waals surface area contributed by atoms with Crippen LogP contribution in [0.25, 0.3) is 0 Å². The molecule has 0 fully saturated rings. The first-order valence-electron chi connectivity index (χ1n) is 7.02. The summed E-state index contributed by atoms with van der Waals surface area (Å²) in [5.41, 5.74) is 0.220. The highest BCUT2D eigenvalue weighted by Crippen LogP contribution is 2.26. The highest BCUT2D eigenvalue weighted by atomic mass is 35.5. The van der Waals surface area contributed by atoms with Gasteiger partial charge in [0.2, 0.25) is 0 Å². The first-order valence-corrected chi connectivity index (χ1v) is 8.22. The second-order valence-electron chi connectivity index (χ2n) is 5.17. The van der Waals surface area contributed by atoms with Gasteiger partial charge in [0, 0.05) is 36.8 Å². The third kappa shape index (κ3) is 4.94. The van der Waals surface area contributed by atoms with Crippen LogP contribution in [0, 0.1) is 10.1 Å². The minimum Gasteiger partial charge on any atom is -0.339 e. The minimum absolute atomic E-state index is 0.00158. The van der Waals surface area contributed by atoms with Crippen LogP contribution in [0.2, 0.25) is 5.02 Å². The molecule has 0 unspecified atom stereocenters. The fraction of sp³-hybridized carbons (Fsp3) is 0.125. The summed E-state index contributed by atoms with van der Waals surface area (Å²) in [6, 6.07) is 10.4. The average Bonchev–Trinajstić information content (AvgIpc) is 2.55. The van der Waals surface area contributed by atoms with Crippen LogP contribution < -0.4 is 5.32 Å².